The summed E-state index contributed by atoms with van der Waals surface area (Å²) in [6.07, 6.45) is 3.39. The van der Waals surface area contributed by atoms with E-state index in [1.165, 1.54) is 16.5 Å². The molecule has 0 saturated heterocycles. The minimum atomic E-state index is -0.106. The van der Waals surface area contributed by atoms with Gasteiger partial charge in [0.05, 0.1) is 6.61 Å². The number of fused-ring (bicyclic) bond motifs is 1. The predicted octanol–water partition coefficient (Wildman–Crippen LogP) is 3.29. The lowest BCUT2D eigenvalue weighted by atomic mass is 10.1. The zero-order valence-electron chi connectivity index (χ0n) is 11.0. The molecule has 0 aliphatic rings. The fourth-order valence-electron chi connectivity index (χ4n) is 2.20. The van der Waals surface area contributed by atoms with Crippen molar-refractivity contribution < 1.29 is 9.53 Å². The summed E-state index contributed by atoms with van der Waals surface area (Å²) < 4.78 is 7.12. The van der Waals surface area contributed by atoms with E-state index >= 15 is 0 Å². The van der Waals surface area contributed by atoms with Crippen LogP contribution in [0.25, 0.3) is 10.9 Å². The van der Waals surface area contributed by atoms with E-state index in [4.69, 9.17) is 4.74 Å². The van der Waals surface area contributed by atoms with Gasteiger partial charge in [-0.05, 0) is 38.0 Å². The Kier molecular flexibility index (Phi) is 4.03. The van der Waals surface area contributed by atoms with E-state index in [1.54, 1.807) is 0 Å². The highest BCUT2D eigenvalue weighted by atomic mass is 16.5. The molecule has 2 rings (SSSR count). The van der Waals surface area contributed by atoms with Crippen molar-refractivity contribution in [1.82, 2.24) is 4.57 Å². The molecular weight excluding hydrogens is 226 g/mol. The van der Waals surface area contributed by atoms with Crippen LogP contribution in [0, 0.1) is 6.92 Å². The first-order valence-electron chi connectivity index (χ1n) is 6.42. The number of rotatable bonds is 5. The standard InChI is InChI=1S/C15H19NO2/c1-3-18-15(17)8-5-10-16-11-9-13-12(2)6-4-7-14(13)16/h4,6-7,9,11H,3,5,8,10H2,1-2H3. The molecule has 0 aliphatic carbocycles. The van der Waals surface area contributed by atoms with Crippen molar-refractivity contribution in [3.63, 3.8) is 0 Å². The Morgan fingerprint density at radius 3 is 2.94 bits per heavy atom. The van der Waals surface area contributed by atoms with Crippen LogP contribution in [0.4, 0.5) is 0 Å². The molecule has 0 radical (unpaired) electrons. The molecule has 0 aliphatic heterocycles. The SMILES string of the molecule is CCOC(=O)CCCn1ccc2c(C)cccc21. The maximum atomic E-state index is 11.3. The molecule has 0 N–H and O–H groups in total. The van der Waals surface area contributed by atoms with Gasteiger partial charge < -0.3 is 9.30 Å². The third-order valence-corrected chi connectivity index (χ3v) is 3.12. The number of carbonyl (C=O) groups excluding carboxylic acids is 1. The fourth-order valence-corrected chi connectivity index (χ4v) is 2.20. The maximum absolute atomic E-state index is 11.3. The average Bonchev–Trinajstić information content (AvgIpc) is 2.75. The smallest absolute Gasteiger partial charge is 0.305 e. The van der Waals surface area contributed by atoms with Crippen molar-refractivity contribution in [2.75, 3.05) is 6.61 Å². The topological polar surface area (TPSA) is 31.2 Å². The molecule has 0 atom stereocenters. The molecular formula is C15H19NO2. The van der Waals surface area contributed by atoms with Gasteiger partial charge in [0.2, 0.25) is 0 Å². The Morgan fingerprint density at radius 1 is 1.33 bits per heavy atom. The normalized spacial score (nSPS) is 10.8. The van der Waals surface area contributed by atoms with Gasteiger partial charge in [0.15, 0.2) is 0 Å². The summed E-state index contributed by atoms with van der Waals surface area (Å²) in [5, 5.41) is 1.29. The minimum absolute atomic E-state index is 0.106. The molecule has 0 spiro atoms. The highest BCUT2D eigenvalue weighted by Crippen LogP contribution is 2.19. The average molecular weight is 245 g/mol. The lowest BCUT2D eigenvalue weighted by molar-refractivity contribution is -0.143. The first-order chi connectivity index (χ1) is 8.72. The number of esters is 1. The molecule has 1 aromatic heterocycles. The summed E-state index contributed by atoms with van der Waals surface area (Å²) >= 11 is 0. The van der Waals surface area contributed by atoms with Gasteiger partial charge in [-0.2, -0.15) is 0 Å². The monoisotopic (exact) mass is 245 g/mol. The number of carbonyl (C=O) groups is 1. The van der Waals surface area contributed by atoms with E-state index < -0.39 is 0 Å². The van der Waals surface area contributed by atoms with Gasteiger partial charge in [-0.3, -0.25) is 4.79 Å². The Hall–Kier alpha value is -1.77. The van der Waals surface area contributed by atoms with Crippen molar-refractivity contribution in [3.05, 3.63) is 36.0 Å². The summed E-state index contributed by atoms with van der Waals surface area (Å²) in [5.41, 5.74) is 2.52. The molecule has 18 heavy (non-hydrogen) atoms. The van der Waals surface area contributed by atoms with E-state index in [0.29, 0.717) is 13.0 Å². The van der Waals surface area contributed by atoms with Crippen molar-refractivity contribution in [2.45, 2.75) is 33.2 Å². The highest BCUT2D eigenvalue weighted by molar-refractivity contribution is 5.83. The first-order valence-corrected chi connectivity index (χ1v) is 6.42. The Labute approximate surface area is 107 Å². The lowest BCUT2D eigenvalue weighted by Crippen LogP contribution is -2.05. The maximum Gasteiger partial charge on any atom is 0.305 e. The Bertz CT molecular complexity index is 542. The third-order valence-electron chi connectivity index (χ3n) is 3.12. The number of benzene rings is 1. The van der Waals surface area contributed by atoms with Crippen LogP contribution in [0.1, 0.15) is 25.3 Å². The number of aromatic nitrogens is 1. The third kappa shape index (κ3) is 2.73. The van der Waals surface area contributed by atoms with Gasteiger partial charge >= 0.3 is 5.97 Å². The Balaban J connectivity index is 2.00. The summed E-state index contributed by atoms with van der Waals surface area (Å²) in [5.74, 6) is -0.106. The van der Waals surface area contributed by atoms with Crippen LogP contribution in [-0.4, -0.2) is 17.1 Å². The lowest BCUT2D eigenvalue weighted by Gasteiger charge is -2.06. The molecule has 3 heteroatoms. The van der Waals surface area contributed by atoms with Crippen LogP contribution < -0.4 is 0 Å². The fraction of sp³-hybridized carbons (Fsp3) is 0.400. The van der Waals surface area contributed by atoms with E-state index in [9.17, 15) is 4.79 Å². The van der Waals surface area contributed by atoms with E-state index in [2.05, 4.69) is 42.0 Å². The largest absolute Gasteiger partial charge is 0.466 e. The molecule has 0 fully saturated rings. The summed E-state index contributed by atoms with van der Waals surface area (Å²) in [4.78, 5) is 11.3. The molecule has 96 valence electrons. The zero-order valence-corrected chi connectivity index (χ0v) is 11.0. The van der Waals surface area contributed by atoms with E-state index in [-0.39, 0.29) is 5.97 Å². The molecule has 0 saturated carbocycles. The number of nitrogens with zero attached hydrogens (tertiary/aromatic N) is 1. The van der Waals surface area contributed by atoms with Crippen molar-refractivity contribution in [2.24, 2.45) is 0 Å². The molecule has 3 nitrogen and oxygen atoms in total. The Morgan fingerprint density at radius 2 is 2.17 bits per heavy atom. The van der Waals surface area contributed by atoms with Crippen LogP contribution in [0.2, 0.25) is 0 Å². The second-order valence-corrected chi connectivity index (χ2v) is 4.43. The number of hydrogen-bond acceptors (Lipinski definition) is 2. The van der Waals surface area contributed by atoms with Crippen LogP contribution in [0.3, 0.4) is 0 Å². The van der Waals surface area contributed by atoms with E-state index in [1.807, 2.05) is 6.92 Å². The highest BCUT2D eigenvalue weighted by Gasteiger charge is 2.05. The summed E-state index contributed by atoms with van der Waals surface area (Å²) in [6, 6.07) is 8.44. The molecule has 0 bridgehead atoms. The second-order valence-electron chi connectivity index (χ2n) is 4.43. The molecule has 1 heterocycles. The van der Waals surface area contributed by atoms with Crippen molar-refractivity contribution >= 4 is 16.9 Å². The summed E-state index contributed by atoms with van der Waals surface area (Å²) in [6.45, 7) is 5.27. The second kappa shape index (κ2) is 5.71. The number of ether oxygens (including phenoxy) is 1. The number of hydrogen-bond donors (Lipinski definition) is 0. The van der Waals surface area contributed by atoms with Gasteiger partial charge in [-0.15, -0.1) is 0 Å². The van der Waals surface area contributed by atoms with Crippen LogP contribution in [-0.2, 0) is 16.1 Å². The first kappa shape index (κ1) is 12.7. The molecule has 0 unspecified atom stereocenters. The minimum Gasteiger partial charge on any atom is -0.466 e. The number of aryl methyl sites for hydroxylation is 2. The van der Waals surface area contributed by atoms with Crippen molar-refractivity contribution in [3.8, 4) is 0 Å². The van der Waals surface area contributed by atoms with Gasteiger partial charge in [0.1, 0.15) is 0 Å². The predicted molar refractivity (Wildman–Crippen MR) is 72.5 cm³/mol. The zero-order chi connectivity index (χ0) is 13.0. The van der Waals surface area contributed by atoms with Crippen LogP contribution in [0.15, 0.2) is 30.5 Å². The summed E-state index contributed by atoms with van der Waals surface area (Å²) in [7, 11) is 0. The molecule has 0 amide bonds. The van der Waals surface area contributed by atoms with Crippen molar-refractivity contribution in [1.29, 1.82) is 0 Å². The van der Waals surface area contributed by atoms with Gasteiger partial charge in [0, 0.05) is 30.1 Å². The van der Waals surface area contributed by atoms with Crippen LogP contribution in [0.5, 0.6) is 0 Å². The van der Waals surface area contributed by atoms with E-state index in [0.717, 1.165) is 13.0 Å². The molecule has 2 aromatic rings. The van der Waals surface area contributed by atoms with Gasteiger partial charge in [-0.25, -0.2) is 0 Å². The van der Waals surface area contributed by atoms with Crippen LogP contribution >= 0.6 is 0 Å². The molecule has 1 aromatic carbocycles. The quantitative estimate of drug-likeness (QED) is 0.757. The van der Waals surface area contributed by atoms with Gasteiger partial charge in [0.25, 0.3) is 0 Å². The van der Waals surface area contributed by atoms with Gasteiger partial charge in [-0.1, -0.05) is 12.1 Å².